The summed E-state index contributed by atoms with van der Waals surface area (Å²) in [5, 5.41) is 0. The zero-order valence-electron chi connectivity index (χ0n) is 16.2. The molecule has 1 atom stereocenters. The zero-order valence-corrected chi connectivity index (χ0v) is 16.2. The number of rotatable bonds is 4. The molecule has 2 aliphatic heterocycles. The molecule has 0 spiro atoms. The molecule has 2 heterocycles. The SMILES string of the molecule is CC(CN1CCN(C)CC1)CN1c2ccccc2CCc2ccccc21. The molecule has 2 aromatic carbocycles. The van der Waals surface area contributed by atoms with Crippen LogP contribution in [0.15, 0.2) is 48.5 Å². The van der Waals surface area contributed by atoms with E-state index in [9.17, 15) is 0 Å². The van der Waals surface area contributed by atoms with Crippen LogP contribution in [-0.2, 0) is 12.8 Å². The van der Waals surface area contributed by atoms with Crippen LogP contribution in [0.5, 0.6) is 0 Å². The molecule has 0 saturated carbocycles. The highest BCUT2D eigenvalue weighted by atomic mass is 15.2. The highest BCUT2D eigenvalue weighted by Gasteiger charge is 2.23. The Bertz CT molecular complexity index is 686. The Hall–Kier alpha value is -1.84. The number of likely N-dealkylation sites (N-methyl/N-ethyl adjacent to an activating group) is 1. The summed E-state index contributed by atoms with van der Waals surface area (Å²) < 4.78 is 0. The Morgan fingerprint density at radius 2 is 1.31 bits per heavy atom. The van der Waals surface area contributed by atoms with E-state index in [4.69, 9.17) is 0 Å². The van der Waals surface area contributed by atoms with Gasteiger partial charge in [0, 0.05) is 50.6 Å². The lowest BCUT2D eigenvalue weighted by Gasteiger charge is -2.36. The second-order valence-corrected chi connectivity index (χ2v) is 8.08. The lowest BCUT2D eigenvalue weighted by molar-refractivity contribution is 0.140. The van der Waals surface area contributed by atoms with Gasteiger partial charge in [0.15, 0.2) is 0 Å². The molecule has 0 radical (unpaired) electrons. The topological polar surface area (TPSA) is 9.72 Å². The summed E-state index contributed by atoms with van der Waals surface area (Å²) in [6.07, 6.45) is 2.27. The van der Waals surface area contributed by atoms with Crippen molar-refractivity contribution < 1.29 is 0 Å². The van der Waals surface area contributed by atoms with Crippen LogP contribution in [0.1, 0.15) is 18.1 Å². The van der Waals surface area contributed by atoms with Crippen molar-refractivity contribution in [2.75, 3.05) is 51.2 Å². The van der Waals surface area contributed by atoms with Gasteiger partial charge in [-0.15, -0.1) is 0 Å². The Labute approximate surface area is 158 Å². The van der Waals surface area contributed by atoms with Crippen molar-refractivity contribution in [3.63, 3.8) is 0 Å². The predicted octanol–water partition coefficient (Wildman–Crippen LogP) is 3.81. The van der Waals surface area contributed by atoms with E-state index in [1.54, 1.807) is 0 Å². The second-order valence-electron chi connectivity index (χ2n) is 8.08. The van der Waals surface area contributed by atoms with Gasteiger partial charge in [-0.05, 0) is 49.1 Å². The first-order valence-electron chi connectivity index (χ1n) is 10.0. The average Bonchev–Trinajstić information content (AvgIpc) is 2.82. The molecular weight excluding hydrogens is 318 g/mol. The maximum Gasteiger partial charge on any atom is 0.0443 e. The third-order valence-electron chi connectivity index (χ3n) is 5.89. The van der Waals surface area contributed by atoms with Crippen molar-refractivity contribution in [3.05, 3.63) is 59.7 Å². The summed E-state index contributed by atoms with van der Waals surface area (Å²) in [4.78, 5) is 7.65. The first kappa shape index (κ1) is 17.6. The molecule has 2 aromatic rings. The van der Waals surface area contributed by atoms with Gasteiger partial charge in [0.2, 0.25) is 0 Å². The molecule has 138 valence electrons. The van der Waals surface area contributed by atoms with Crippen LogP contribution in [-0.4, -0.2) is 56.1 Å². The summed E-state index contributed by atoms with van der Waals surface area (Å²) >= 11 is 0. The van der Waals surface area contributed by atoms with Crippen LogP contribution in [0.25, 0.3) is 0 Å². The number of benzene rings is 2. The fourth-order valence-corrected chi connectivity index (χ4v) is 4.41. The van der Waals surface area contributed by atoms with Gasteiger partial charge >= 0.3 is 0 Å². The molecule has 0 N–H and O–H groups in total. The molecule has 2 aliphatic rings. The monoisotopic (exact) mass is 349 g/mol. The number of piperazine rings is 1. The number of hydrogen-bond donors (Lipinski definition) is 0. The number of hydrogen-bond acceptors (Lipinski definition) is 3. The van der Waals surface area contributed by atoms with Crippen molar-refractivity contribution in [2.24, 2.45) is 5.92 Å². The number of aryl methyl sites for hydroxylation is 2. The Morgan fingerprint density at radius 3 is 1.88 bits per heavy atom. The number of anilines is 2. The van der Waals surface area contributed by atoms with Crippen LogP contribution in [0.2, 0.25) is 0 Å². The normalized spacial score (nSPS) is 19.5. The standard InChI is InChI=1S/C23H31N3/c1-19(17-25-15-13-24(2)14-16-25)18-26-22-9-5-3-7-20(22)11-12-21-8-4-6-10-23(21)26/h3-10,19H,11-18H2,1-2H3. The third-order valence-corrected chi connectivity index (χ3v) is 5.89. The van der Waals surface area contributed by atoms with Crippen LogP contribution in [0.3, 0.4) is 0 Å². The summed E-state index contributed by atoms with van der Waals surface area (Å²) in [6, 6.07) is 18.0. The fourth-order valence-electron chi connectivity index (χ4n) is 4.41. The lowest BCUT2D eigenvalue weighted by Crippen LogP contribution is -2.46. The van der Waals surface area contributed by atoms with Gasteiger partial charge in [-0.2, -0.15) is 0 Å². The molecule has 3 heteroatoms. The van der Waals surface area contributed by atoms with E-state index in [0.717, 1.165) is 19.4 Å². The van der Waals surface area contributed by atoms with Crippen molar-refractivity contribution in [3.8, 4) is 0 Å². The molecule has 0 amide bonds. The van der Waals surface area contributed by atoms with Gasteiger partial charge in [0.1, 0.15) is 0 Å². The Balaban J connectivity index is 1.55. The number of para-hydroxylation sites is 2. The van der Waals surface area contributed by atoms with E-state index in [0.29, 0.717) is 5.92 Å². The summed E-state index contributed by atoms with van der Waals surface area (Å²) in [5.41, 5.74) is 5.77. The first-order chi connectivity index (χ1) is 12.7. The van der Waals surface area contributed by atoms with Gasteiger partial charge in [0.05, 0.1) is 0 Å². The molecule has 26 heavy (non-hydrogen) atoms. The average molecular weight is 350 g/mol. The Kier molecular flexibility index (Phi) is 5.28. The number of nitrogens with zero attached hydrogens (tertiary/aromatic N) is 3. The third kappa shape index (κ3) is 3.79. The molecule has 0 aliphatic carbocycles. The molecule has 1 unspecified atom stereocenters. The van der Waals surface area contributed by atoms with Crippen molar-refractivity contribution in [1.82, 2.24) is 9.80 Å². The van der Waals surface area contributed by atoms with E-state index in [-0.39, 0.29) is 0 Å². The first-order valence-corrected chi connectivity index (χ1v) is 10.0. The lowest BCUT2D eigenvalue weighted by atomic mass is 10.0. The van der Waals surface area contributed by atoms with E-state index in [2.05, 4.69) is 77.2 Å². The molecule has 0 aromatic heterocycles. The van der Waals surface area contributed by atoms with Gasteiger partial charge in [0.25, 0.3) is 0 Å². The summed E-state index contributed by atoms with van der Waals surface area (Å²) in [7, 11) is 2.23. The smallest absolute Gasteiger partial charge is 0.0443 e. The number of fused-ring (bicyclic) bond motifs is 2. The van der Waals surface area contributed by atoms with Crippen LogP contribution >= 0.6 is 0 Å². The Morgan fingerprint density at radius 1 is 0.769 bits per heavy atom. The van der Waals surface area contributed by atoms with E-state index < -0.39 is 0 Å². The van der Waals surface area contributed by atoms with Crippen molar-refractivity contribution >= 4 is 11.4 Å². The molecular formula is C23H31N3. The second kappa shape index (κ2) is 7.81. The van der Waals surface area contributed by atoms with Crippen molar-refractivity contribution in [1.29, 1.82) is 0 Å². The highest BCUT2D eigenvalue weighted by Crippen LogP contribution is 2.36. The zero-order chi connectivity index (χ0) is 17.9. The molecule has 0 bridgehead atoms. The maximum absolute atomic E-state index is 2.64. The van der Waals surface area contributed by atoms with Crippen LogP contribution in [0.4, 0.5) is 11.4 Å². The highest BCUT2D eigenvalue weighted by molar-refractivity contribution is 5.71. The van der Waals surface area contributed by atoms with Gasteiger partial charge in [-0.1, -0.05) is 43.3 Å². The quantitative estimate of drug-likeness (QED) is 0.831. The largest absolute Gasteiger partial charge is 0.341 e. The molecule has 1 saturated heterocycles. The van der Waals surface area contributed by atoms with E-state index in [1.165, 1.54) is 55.2 Å². The molecule has 4 rings (SSSR count). The predicted molar refractivity (Wildman–Crippen MR) is 110 cm³/mol. The molecule has 1 fully saturated rings. The van der Waals surface area contributed by atoms with Crippen molar-refractivity contribution in [2.45, 2.75) is 19.8 Å². The summed E-state index contributed by atoms with van der Waals surface area (Å²) in [5.74, 6) is 0.637. The van der Waals surface area contributed by atoms with Gasteiger partial charge < -0.3 is 14.7 Å². The minimum atomic E-state index is 0.637. The van der Waals surface area contributed by atoms with Crippen LogP contribution < -0.4 is 4.90 Å². The molecule has 3 nitrogen and oxygen atoms in total. The van der Waals surface area contributed by atoms with E-state index in [1.807, 2.05) is 0 Å². The van der Waals surface area contributed by atoms with Gasteiger partial charge in [-0.3, -0.25) is 0 Å². The minimum Gasteiger partial charge on any atom is -0.341 e. The van der Waals surface area contributed by atoms with E-state index >= 15 is 0 Å². The van der Waals surface area contributed by atoms with Crippen LogP contribution in [0, 0.1) is 5.92 Å². The maximum atomic E-state index is 2.64. The van der Waals surface area contributed by atoms with Gasteiger partial charge in [-0.25, -0.2) is 0 Å². The minimum absolute atomic E-state index is 0.637. The summed E-state index contributed by atoms with van der Waals surface area (Å²) in [6.45, 7) is 9.48. The fraction of sp³-hybridized carbons (Fsp3) is 0.478.